The molecule has 1 aromatic heterocycles. The smallest absolute Gasteiger partial charge is 0.248 e. The van der Waals surface area contributed by atoms with Gasteiger partial charge in [0.1, 0.15) is 11.6 Å². The van der Waals surface area contributed by atoms with Crippen molar-refractivity contribution in [3.05, 3.63) is 11.6 Å². The molecule has 0 saturated heterocycles. The molecule has 6 heteroatoms. The summed E-state index contributed by atoms with van der Waals surface area (Å²) in [6, 6.07) is 0.0964. The lowest BCUT2D eigenvalue weighted by molar-refractivity contribution is 0.00743. The van der Waals surface area contributed by atoms with Crippen LogP contribution in [0.15, 0.2) is 0 Å². The summed E-state index contributed by atoms with van der Waals surface area (Å²) in [5.41, 5.74) is 5.91. The zero-order valence-corrected chi connectivity index (χ0v) is 9.57. The van der Waals surface area contributed by atoms with Crippen molar-refractivity contribution in [1.29, 1.82) is 0 Å². The van der Waals surface area contributed by atoms with E-state index in [9.17, 15) is 8.78 Å². The van der Waals surface area contributed by atoms with Gasteiger partial charge in [-0.1, -0.05) is 0 Å². The first kappa shape index (κ1) is 11.1. The molecule has 2 N–H and O–H groups in total. The van der Waals surface area contributed by atoms with Crippen molar-refractivity contribution >= 4 is 0 Å². The molecule has 0 bridgehead atoms. The van der Waals surface area contributed by atoms with Crippen LogP contribution < -0.4 is 5.73 Å². The van der Waals surface area contributed by atoms with Gasteiger partial charge in [0.05, 0.1) is 0 Å². The van der Waals surface area contributed by atoms with E-state index in [0.29, 0.717) is 18.8 Å². The molecule has 2 aliphatic rings. The van der Waals surface area contributed by atoms with Crippen LogP contribution in [0.4, 0.5) is 8.78 Å². The van der Waals surface area contributed by atoms with E-state index in [2.05, 4.69) is 10.2 Å². The van der Waals surface area contributed by atoms with Gasteiger partial charge in [0.2, 0.25) is 5.92 Å². The molecule has 0 amide bonds. The summed E-state index contributed by atoms with van der Waals surface area (Å²) >= 11 is 0. The lowest BCUT2D eigenvalue weighted by Crippen LogP contribution is -2.33. The van der Waals surface area contributed by atoms with Gasteiger partial charge in [-0.3, -0.25) is 0 Å². The summed E-state index contributed by atoms with van der Waals surface area (Å²) in [6.45, 7) is 0.666. The minimum Gasteiger partial charge on any atom is -0.326 e. The third-order valence-corrected chi connectivity index (χ3v) is 3.78. The molecule has 4 nitrogen and oxygen atoms in total. The Balaban J connectivity index is 1.87. The van der Waals surface area contributed by atoms with Gasteiger partial charge in [0.15, 0.2) is 0 Å². The highest BCUT2D eigenvalue weighted by Crippen LogP contribution is 2.43. The number of fused-ring (bicyclic) bond motifs is 1. The fourth-order valence-electron chi connectivity index (χ4n) is 2.85. The van der Waals surface area contributed by atoms with Crippen molar-refractivity contribution in [2.45, 2.75) is 56.5 Å². The van der Waals surface area contributed by atoms with Gasteiger partial charge >= 0.3 is 0 Å². The first-order valence-corrected chi connectivity index (χ1v) is 6.10. The van der Waals surface area contributed by atoms with Crippen LogP contribution in [0.2, 0.25) is 0 Å². The van der Waals surface area contributed by atoms with Crippen LogP contribution in [-0.4, -0.2) is 26.7 Å². The molecule has 1 fully saturated rings. The molecule has 1 aliphatic carbocycles. The quantitative estimate of drug-likeness (QED) is 0.811. The fourth-order valence-corrected chi connectivity index (χ4v) is 2.85. The summed E-state index contributed by atoms with van der Waals surface area (Å²) in [5.74, 6) is -1.07. The van der Waals surface area contributed by atoms with Crippen LogP contribution in [0, 0.1) is 0 Å². The Bertz CT molecular complexity index is 429. The molecular formula is C11H16F2N4. The SMILES string of the molecule is NC1CCc2nnc(C3CCC(F)(F)C3)n2C1. The molecule has 0 radical (unpaired) electrons. The maximum Gasteiger partial charge on any atom is 0.248 e. The Morgan fingerprint density at radius 1 is 1.29 bits per heavy atom. The number of nitrogens with zero attached hydrogens (tertiary/aromatic N) is 3. The average Bonchev–Trinajstić information content (AvgIpc) is 2.81. The zero-order valence-electron chi connectivity index (χ0n) is 9.57. The van der Waals surface area contributed by atoms with Crippen LogP contribution in [0.5, 0.6) is 0 Å². The van der Waals surface area contributed by atoms with Crippen LogP contribution in [0.1, 0.15) is 43.3 Å². The number of rotatable bonds is 1. The van der Waals surface area contributed by atoms with Crippen LogP contribution >= 0.6 is 0 Å². The van der Waals surface area contributed by atoms with E-state index >= 15 is 0 Å². The molecule has 17 heavy (non-hydrogen) atoms. The van der Waals surface area contributed by atoms with Crippen molar-refractivity contribution < 1.29 is 8.78 Å². The van der Waals surface area contributed by atoms with E-state index in [-0.39, 0.29) is 24.8 Å². The highest BCUT2D eigenvalue weighted by atomic mass is 19.3. The van der Waals surface area contributed by atoms with Crippen LogP contribution in [-0.2, 0) is 13.0 Å². The molecular weight excluding hydrogens is 226 g/mol. The predicted octanol–water partition coefficient (Wildman–Crippen LogP) is 1.45. The van der Waals surface area contributed by atoms with Crippen LogP contribution in [0.3, 0.4) is 0 Å². The first-order chi connectivity index (χ1) is 8.05. The molecule has 0 aromatic carbocycles. The third-order valence-electron chi connectivity index (χ3n) is 3.78. The topological polar surface area (TPSA) is 56.7 Å². The third kappa shape index (κ3) is 1.94. The molecule has 0 spiro atoms. The Morgan fingerprint density at radius 3 is 2.82 bits per heavy atom. The second kappa shape index (κ2) is 3.73. The minimum absolute atomic E-state index is 0.0358. The molecule has 1 aliphatic heterocycles. The maximum atomic E-state index is 13.2. The second-order valence-corrected chi connectivity index (χ2v) is 5.18. The maximum absolute atomic E-state index is 13.2. The van der Waals surface area contributed by atoms with Gasteiger partial charge in [-0.25, -0.2) is 8.78 Å². The van der Waals surface area contributed by atoms with Gasteiger partial charge in [-0.15, -0.1) is 10.2 Å². The molecule has 2 heterocycles. The van der Waals surface area contributed by atoms with Crippen molar-refractivity contribution in [3.63, 3.8) is 0 Å². The molecule has 1 saturated carbocycles. The van der Waals surface area contributed by atoms with Gasteiger partial charge in [0, 0.05) is 37.8 Å². The summed E-state index contributed by atoms with van der Waals surface area (Å²) in [7, 11) is 0. The molecule has 94 valence electrons. The summed E-state index contributed by atoms with van der Waals surface area (Å²) in [6.07, 6.45) is 2.07. The number of alkyl halides is 2. The normalized spacial score (nSPS) is 31.5. The number of hydrogen-bond acceptors (Lipinski definition) is 3. The predicted molar refractivity (Wildman–Crippen MR) is 57.9 cm³/mol. The van der Waals surface area contributed by atoms with Gasteiger partial charge in [0.25, 0.3) is 0 Å². The summed E-state index contributed by atoms with van der Waals surface area (Å²) in [5, 5.41) is 8.20. The fraction of sp³-hybridized carbons (Fsp3) is 0.818. The van der Waals surface area contributed by atoms with E-state index in [4.69, 9.17) is 5.73 Å². The number of aryl methyl sites for hydroxylation is 1. The highest BCUT2D eigenvalue weighted by Gasteiger charge is 2.42. The van der Waals surface area contributed by atoms with Gasteiger partial charge in [-0.2, -0.15) is 0 Å². The Labute approximate surface area is 98.2 Å². The monoisotopic (exact) mass is 242 g/mol. The van der Waals surface area contributed by atoms with E-state index in [1.165, 1.54) is 0 Å². The van der Waals surface area contributed by atoms with Crippen LogP contribution in [0.25, 0.3) is 0 Å². The first-order valence-electron chi connectivity index (χ1n) is 6.10. The summed E-state index contributed by atoms with van der Waals surface area (Å²) < 4.78 is 28.4. The van der Waals surface area contributed by atoms with E-state index in [0.717, 1.165) is 18.7 Å². The summed E-state index contributed by atoms with van der Waals surface area (Å²) in [4.78, 5) is 0. The minimum atomic E-state index is -2.53. The number of aromatic nitrogens is 3. The number of hydrogen-bond donors (Lipinski definition) is 1. The van der Waals surface area contributed by atoms with Crippen molar-refractivity contribution in [2.75, 3.05) is 0 Å². The number of nitrogens with two attached hydrogens (primary N) is 1. The molecule has 1 aromatic rings. The largest absolute Gasteiger partial charge is 0.326 e. The van der Waals surface area contributed by atoms with E-state index in [1.54, 1.807) is 0 Å². The van der Waals surface area contributed by atoms with Gasteiger partial charge in [-0.05, 0) is 12.8 Å². The van der Waals surface area contributed by atoms with E-state index < -0.39 is 5.92 Å². The molecule has 3 rings (SSSR count). The average molecular weight is 242 g/mol. The number of halogens is 2. The standard InChI is InChI=1S/C11H16F2N4/c12-11(13)4-3-7(5-11)10-16-15-9-2-1-8(14)6-17(9)10/h7-8H,1-6,14H2. The zero-order chi connectivity index (χ0) is 12.0. The molecule has 2 atom stereocenters. The lowest BCUT2D eigenvalue weighted by Gasteiger charge is -2.22. The Morgan fingerprint density at radius 2 is 2.12 bits per heavy atom. The van der Waals surface area contributed by atoms with Crippen molar-refractivity contribution in [1.82, 2.24) is 14.8 Å². The van der Waals surface area contributed by atoms with Crippen molar-refractivity contribution in [3.8, 4) is 0 Å². The van der Waals surface area contributed by atoms with E-state index in [1.807, 2.05) is 4.57 Å². The Kier molecular flexibility index (Phi) is 2.43. The molecule has 2 unspecified atom stereocenters. The van der Waals surface area contributed by atoms with Gasteiger partial charge < -0.3 is 10.3 Å². The highest BCUT2D eigenvalue weighted by molar-refractivity contribution is 5.09. The lowest BCUT2D eigenvalue weighted by atomic mass is 10.0. The van der Waals surface area contributed by atoms with Crippen molar-refractivity contribution in [2.24, 2.45) is 5.73 Å². The Hall–Kier alpha value is -1.04. The second-order valence-electron chi connectivity index (χ2n) is 5.18.